The lowest BCUT2D eigenvalue weighted by atomic mass is 10.1. The van der Waals surface area contributed by atoms with Crippen molar-refractivity contribution in [2.45, 2.75) is 39.8 Å². The molecule has 1 aromatic heterocycles. The minimum atomic E-state index is -0.151. The van der Waals surface area contributed by atoms with Gasteiger partial charge in [-0.05, 0) is 46.9 Å². The summed E-state index contributed by atoms with van der Waals surface area (Å²) in [5.41, 5.74) is 2.03. The summed E-state index contributed by atoms with van der Waals surface area (Å²) in [5, 5.41) is 5.54. The third-order valence-electron chi connectivity index (χ3n) is 5.89. The minimum Gasteiger partial charge on any atom is -0.349 e. The Morgan fingerprint density at radius 2 is 1.69 bits per heavy atom. The number of nitrogens with one attached hydrogen (secondary N) is 1. The molecule has 174 valence electrons. The van der Waals surface area contributed by atoms with Gasteiger partial charge in [-0.2, -0.15) is 0 Å². The number of nitrogens with zero attached hydrogens (tertiary/aromatic N) is 4. The SMILES string of the molecule is CC(C)N(CCNC(=O)c1csc(-c2ccc(C(=O)N3CCN(C)CC3)cc2)n1)C(C)C. The van der Waals surface area contributed by atoms with Gasteiger partial charge >= 0.3 is 0 Å². The number of carbonyl (C=O) groups is 2. The first-order valence-corrected chi connectivity index (χ1v) is 12.2. The van der Waals surface area contributed by atoms with E-state index in [0.717, 1.165) is 43.3 Å². The molecule has 1 aromatic carbocycles. The van der Waals surface area contributed by atoms with Crippen molar-refractivity contribution in [3.8, 4) is 10.6 Å². The Labute approximate surface area is 195 Å². The molecule has 32 heavy (non-hydrogen) atoms. The van der Waals surface area contributed by atoms with Gasteiger partial charge < -0.3 is 15.1 Å². The number of hydrogen-bond donors (Lipinski definition) is 1. The molecule has 0 unspecified atom stereocenters. The fourth-order valence-electron chi connectivity index (χ4n) is 3.96. The topological polar surface area (TPSA) is 68.8 Å². The molecular formula is C24H35N5O2S. The molecule has 7 nitrogen and oxygen atoms in total. The van der Waals surface area contributed by atoms with Gasteiger partial charge in [-0.3, -0.25) is 14.5 Å². The molecular weight excluding hydrogens is 422 g/mol. The summed E-state index contributed by atoms with van der Waals surface area (Å²) in [6.07, 6.45) is 0. The summed E-state index contributed by atoms with van der Waals surface area (Å²) in [6.45, 7) is 13.4. The van der Waals surface area contributed by atoms with E-state index < -0.39 is 0 Å². The van der Waals surface area contributed by atoms with E-state index in [4.69, 9.17) is 0 Å². The highest BCUT2D eigenvalue weighted by Gasteiger charge is 2.20. The Bertz CT molecular complexity index is 893. The second-order valence-corrected chi connectivity index (χ2v) is 9.75. The highest BCUT2D eigenvalue weighted by Crippen LogP contribution is 2.24. The van der Waals surface area contributed by atoms with Crippen LogP contribution in [0.4, 0.5) is 0 Å². The van der Waals surface area contributed by atoms with Gasteiger partial charge in [-0.1, -0.05) is 12.1 Å². The van der Waals surface area contributed by atoms with Gasteiger partial charge in [0.15, 0.2) is 0 Å². The molecule has 1 fully saturated rings. The van der Waals surface area contributed by atoms with Gasteiger partial charge in [0, 0.05) is 67.9 Å². The summed E-state index contributed by atoms with van der Waals surface area (Å²) in [7, 11) is 2.07. The van der Waals surface area contributed by atoms with Crippen molar-refractivity contribution < 1.29 is 9.59 Å². The number of amides is 2. The van der Waals surface area contributed by atoms with Gasteiger partial charge in [0.2, 0.25) is 0 Å². The van der Waals surface area contributed by atoms with Crippen LogP contribution in [0.15, 0.2) is 29.6 Å². The zero-order chi connectivity index (χ0) is 23.3. The molecule has 0 spiro atoms. The largest absolute Gasteiger partial charge is 0.349 e. The van der Waals surface area contributed by atoms with Gasteiger partial charge in [-0.25, -0.2) is 4.98 Å². The molecule has 1 N–H and O–H groups in total. The third kappa shape index (κ3) is 6.15. The molecule has 0 saturated carbocycles. The molecule has 8 heteroatoms. The molecule has 2 heterocycles. The number of rotatable bonds is 8. The van der Waals surface area contributed by atoms with E-state index in [0.29, 0.717) is 29.9 Å². The first kappa shape index (κ1) is 24.4. The second kappa shape index (κ2) is 11.0. The van der Waals surface area contributed by atoms with Crippen LogP contribution in [0.2, 0.25) is 0 Å². The number of carbonyl (C=O) groups excluding carboxylic acids is 2. The highest BCUT2D eigenvalue weighted by molar-refractivity contribution is 7.13. The number of likely N-dealkylation sites (N-methyl/N-ethyl adjacent to an activating group) is 1. The summed E-state index contributed by atoms with van der Waals surface area (Å²) in [6, 6.07) is 8.39. The minimum absolute atomic E-state index is 0.0701. The van der Waals surface area contributed by atoms with Crippen LogP contribution in [-0.4, -0.2) is 89.9 Å². The van der Waals surface area contributed by atoms with Crippen molar-refractivity contribution in [3.63, 3.8) is 0 Å². The predicted octanol–water partition coefficient (Wildman–Crippen LogP) is 3.05. The van der Waals surface area contributed by atoms with E-state index in [9.17, 15) is 9.59 Å². The van der Waals surface area contributed by atoms with Crippen LogP contribution < -0.4 is 5.32 Å². The number of hydrogen-bond acceptors (Lipinski definition) is 6. The average Bonchev–Trinajstić information content (AvgIpc) is 3.26. The fourth-order valence-corrected chi connectivity index (χ4v) is 4.77. The van der Waals surface area contributed by atoms with Crippen molar-refractivity contribution in [2.24, 2.45) is 0 Å². The number of piperazine rings is 1. The number of benzene rings is 1. The van der Waals surface area contributed by atoms with E-state index >= 15 is 0 Å². The zero-order valence-corrected chi connectivity index (χ0v) is 20.6. The van der Waals surface area contributed by atoms with Crippen LogP contribution in [0.5, 0.6) is 0 Å². The van der Waals surface area contributed by atoms with Crippen molar-refractivity contribution in [2.75, 3.05) is 46.3 Å². The van der Waals surface area contributed by atoms with Gasteiger partial charge in [0.1, 0.15) is 10.7 Å². The van der Waals surface area contributed by atoms with Crippen LogP contribution >= 0.6 is 11.3 Å². The normalized spacial score (nSPS) is 15.1. The maximum atomic E-state index is 12.7. The van der Waals surface area contributed by atoms with Gasteiger partial charge in [-0.15, -0.1) is 11.3 Å². The Morgan fingerprint density at radius 1 is 1.06 bits per heavy atom. The van der Waals surface area contributed by atoms with E-state index in [-0.39, 0.29) is 11.8 Å². The van der Waals surface area contributed by atoms with Gasteiger partial charge in [0.25, 0.3) is 11.8 Å². The molecule has 2 amide bonds. The molecule has 2 aromatic rings. The van der Waals surface area contributed by atoms with Crippen LogP contribution in [0.1, 0.15) is 48.5 Å². The van der Waals surface area contributed by atoms with Crippen LogP contribution in [0.3, 0.4) is 0 Å². The maximum absolute atomic E-state index is 12.7. The lowest BCUT2D eigenvalue weighted by molar-refractivity contribution is 0.0664. The fraction of sp³-hybridized carbons (Fsp3) is 0.542. The first-order valence-electron chi connectivity index (χ1n) is 11.3. The van der Waals surface area contributed by atoms with E-state index in [1.807, 2.05) is 29.2 Å². The molecule has 1 saturated heterocycles. The zero-order valence-electron chi connectivity index (χ0n) is 19.8. The summed E-state index contributed by atoms with van der Waals surface area (Å²) in [5.74, 6) is -0.0810. The quantitative estimate of drug-likeness (QED) is 0.660. The maximum Gasteiger partial charge on any atom is 0.270 e. The molecule has 0 radical (unpaired) electrons. The van der Waals surface area contributed by atoms with E-state index in [1.165, 1.54) is 11.3 Å². The van der Waals surface area contributed by atoms with Crippen molar-refractivity contribution in [1.82, 2.24) is 25.0 Å². The molecule has 3 rings (SSSR count). The van der Waals surface area contributed by atoms with E-state index in [2.05, 4.69) is 54.8 Å². The van der Waals surface area contributed by atoms with Crippen LogP contribution in [0, 0.1) is 0 Å². The number of thiazole rings is 1. The molecule has 1 aliphatic heterocycles. The number of aromatic nitrogens is 1. The highest BCUT2D eigenvalue weighted by atomic mass is 32.1. The predicted molar refractivity (Wildman–Crippen MR) is 130 cm³/mol. The lowest BCUT2D eigenvalue weighted by Gasteiger charge is -2.32. The lowest BCUT2D eigenvalue weighted by Crippen LogP contribution is -2.47. The monoisotopic (exact) mass is 457 g/mol. The van der Waals surface area contributed by atoms with Crippen LogP contribution in [-0.2, 0) is 0 Å². The molecule has 0 bridgehead atoms. The molecule has 1 aliphatic rings. The second-order valence-electron chi connectivity index (χ2n) is 8.89. The Morgan fingerprint density at radius 3 is 2.28 bits per heavy atom. The third-order valence-corrected chi connectivity index (χ3v) is 6.78. The smallest absolute Gasteiger partial charge is 0.270 e. The Hall–Kier alpha value is -2.29. The van der Waals surface area contributed by atoms with Crippen molar-refractivity contribution in [3.05, 3.63) is 40.9 Å². The van der Waals surface area contributed by atoms with Gasteiger partial charge in [0.05, 0.1) is 0 Å². The van der Waals surface area contributed by atoms with Crippen molar-refractivity contribution >= 4 is 23.2 Å². The first-order chi connectivity index (χ1) is 15.3. The van der Waals surface area contributed by atoms with Crippen LogP contribution in [0.25, 0.3) is 10.6 Å². The Kier molecular flexibility index (Phi) is 8.39. The summed E-state index contributed by atoms with van der Waals surface area (Å²) < 4.78 is 0. The van der Waals surface area contributed by atoms with E-state index in [1.54, 1.807) is 5.38 Å². The Balaban J connectivity index is 1.56. The summed E-state index contributed by atoms with van der Waals surface area (Å²) in [4.78, 5) is 36.2. The average molecular weight is 458 g/mol. The summed E-state index contributed by atoms with van der Waals surface area (Å²) >= 11 is 1.44. The molecule has 0 atom stereocenters. The standard InChI is InChI=1S/C24H35N5O2S/c1-17(2)29(18(3)4)11-10-25-22(30)21-16-32-23(26-21)19-6-8-20(9-7-19)24(31)28-14-12-27(5)13-15-28/h6-9,16-18H,10-15H2,1-5H3,(H,25,30). The molecule has 0 aliphatic carbocycles. The van der Waals surface area contributed by atoms with Crippen molar-refractivity contribution in [1.29, 1.82) is 0 Å².